The summed E-state index contributed by atoms with van der Waals surface area (Å²) in [7, 11) is 0. The molecule has 0 N–H and O–H groups in total. The first-order valence-corrected chi connectivity index (χ1v) is 10.6. The van der Waals surface area contributed by atoms with Crippen LogP contribution in [0.1, 0.15) is 23.6 Å². The number of anilines is 2. The molecule has 4 nitrogen and oxygen atoms in total. The average Bonchev–Trinajstić information content (AvgIpc) is 3.02. The second-order valence-electron chi connectivity index (χ2n) is 7.55. The summed E-state index contributed by atoms with van der Waals surface area (Å²) in [5.74, 6) is -0.704. The molecule has 0 bridgehead atoms. The minimum Gasteiger partial charge on any atom is -0.337 e. The van der Waals surface area contributed by atoms with Gasteiger partial charge in [0.05, 0.1) is 11.3 Å². The summed E-state index contributed by atoms with van der Waals surface area (Å²) < 4.78 is 0. The molecule has 4 rings (SSSR count). The van der Waals surface area contributed by atoms with Crippen molar-refractivity contribution < 1.29 is 9.59 Å². The maximum Gasteiger partial charge on any atom is 0.282 e. The van der Waals surface area contributed by atoms with Crippen molar-refractivity contribution in [2.45, 2.75) is 20.8 Å². The molecule has 3 aromatic carbocycles. The van der Waals surface area contributed by atoms with Crippen LogP contribution in [0.15, 0.2) is 78.5 Å². The SMILES string of the molecule is CCN(C1=C(c2ccc(C)cc2)C(=O)N(c2ccc(C)c(Cl)c2)C1=O)c1ccccc1. The number of nitrogens with zero attached hydrogens (tertiary/aromatic N) is 2. The number of halogens is 1. The zero-order valence-electron chi connectivity index (χ0n) is 17.7. The molecule has 0 fully saturated rings. The number of rotatable bonds is 5. The first-order chi connectivity index (χ1) is 14.9. The quantitative estimate of drug-likeness (QED) is 0.482. The van der Waals surface area contributed by atoms with E-state index in [1.807, 2.05) is 86.3 Å². The first kappa shape index (κ1) is 20.9. The molecule has 0 radical (unpaired) electrons. The Morgan fingerprint density at radius 1 is 0.871 bits per heavy atom. The monoisotopic (exact) mass is 430 g/mol. The topological polar surface area (TPSA) is 40.6 Å². The van der Waals surface area contributed by atoms with Gasteiger partial charge in [0.1, 0.15) is 5.70 Å². The molecule has 1 aliphatic rings. The molecule has 1 aliphatic heterocycles. The van der Waals surface area contributed by atoms with Crippen molar-refractivity contribution in [3.05, 3.63) is 100 Å². The van der Waals surface area contributed by atoms with Crippen LogP contribution in [0.25, 0.3) is 5.57 Å². The van der Waals surface area contributed by atoms with E-state index in [2.05, 4.69) is 0 Å². The number of para-hydroxylation sites is 1. The standard InChI is InChI=1S/C26H23ClN2O2/c1-4-28(20-8-6-5-7-9-20)24-23(19-13-10-17(2)11-14-19)25(30)29(26(24)31)21-15-12-18(3)22(27)16-21/h5-16H,4H2,1-3H3. The van der Waals surface area contributed by atoms with Crippen LogP contribution in [-0.4, -0.2) is 18.4 Å². The lowest BCUT2D eigenvalue weighted by Crippen LogP contribution is -2.35. The van der Waals surface area contributed by atoms with Crippen LogP contribution in [0.2, 0.25) is 5.02 Å². The fourth-order valence-corrected chi connectivity index (χ4v) is 3.96. The second-order valence-corrected chi connectivity index (χ2v) is 7.96. The van der Waals surface area contributed by atoms with Gasteiger partial charge in [-0.2, -0.15) is 0 Å². The summed E-state index contributed by atoms with van der Waals surface area (Å²) in [6, 6.07) is 22.5. The highest BCUT2D eigenvalue weighted by atomic mass is 35.5. The number of imide groups is 1. The summed E-state index contributed by atoms with van der Waals surface area (Å²) >= 11 is 6.31. The lowest BCUT2D eigenvalue weighted by molar-refractivity contribution is -0.120. The summed E-state index contributed by atoms with van der Waals surface area (Å²) in [5, 5.41) is 0.513. The van der Waals surface area contributed by atoms with E-state index in [0.717, 1.165) is 16.8 Å². The fourth-order valence-electron chi connectivity index (χ4n) is 3.78. The molecule has 0 saturated heterocycles. The Kier molecular flexibility index (Phi) is 5.66. The molecule has 5 heteroatoms. The van der Waals surface area contributed by atoms with Gasteiger partial charge in [-0.05, 0) is 56.2 Å². The Labute approximate surface area is 187 Å². The number of aryl methyl sites for hydroxylation is 2. The highest BCUT2D eigenvalue weighted by Gasteiger charge is 2.42. The number of amides is 2. The average molecular weight is 431 g/mol. The number of carbonyl (C=O) groups is 2. The van der Waals surface area contributed by atoms with Gasteiger partial charge in [0.2, 0.25) is 0 Å². The minimum absolute atomic E-state index is 0.349. The van der Waals surface area contributed by atoms with Crippen LogP contribution in [0.3, 0.4) is 0 Å². The van der Waals surface area contributed by atoms with Crippen LogP contribution in [-0.2, 0) is 9.59 Å². The van der Waals surface area contributed by atoms with E-state index in [9.17, 15) is 9.59 Å². The second kappa shape index (κ2) is 8.40. The fraction of sp³-hybridized carbons (Fsp3) is 0.154. The molecule has 0 spiro atoms. The molecule has 0 atom stereocenters. The van der Waals surface area contributed by atoms with Crippen molar-refractivity contribution in [1.29, 1.82) is 0 Å². The van der Waals surface area contributed by atoms with E-state index in [0.29, 0.717) is 34.1 Å². The van der Waals surface area contributed by atoms with Gasteiger partial charge >= 0.3 is 0 Å². The van der Waals surface area contributed by atoms with E-state index in [4.69, 9.17) is 11.6 Å². The third kappa shape index (κ3) is 3.75. The van der Waals surface area contributed by atoms with Crippen molar-refractivity contribution in [3.8, 4) is 0 Å². The molecule has 0 saturated carbocycles. The zero-order valence-corrected chi connectivity index (χ0v) is 18.5. The first-order valence-electron chi connectivity index (χ1n) is 10.2. The van der Waals surface area contributed by atoms with Gasteiger partial charge < -0.3 is 4.90 Å². The number of hydrogen-bond acceptors (Lipinski definition) is 3. The predicted molar refractivity (Wildman–Crippen MR) is 126 cm³/mol. The molecule has 3 aromatic rings. The molecular weight excluding hydrogens is 408 g/mol. The van der Waals surface area contributed by atoms with E-state index >= 15 is 0 Å². The molecule has 0 aromatic heterocycles. The predicted octanol–water partition coefficient (Wildman–Crippen LogP) is 5.77. The highest BCUT2D eigenvalue weighted by Crippen LogP contribution is 2.37. The van der Waals surface area contributed by atoms with Crippen LogP contribution >= 0.6 is 11.6 Å². The van der Waals surface area contributed by atoms with E-state index in [1.165, 1.54) is 4.90 Å². The number of likely N-dealkylation sites (N-methyl/N-ethyl adjacent to an activating group) is 1. The molecule has 0 aliphatic carbocycles. The number of benzene rings is 3. The molecule has 0 unspecified atom stereocenters. The van der Waals surface area contributed by atoms with Gasteiger partial charge in [-0.1, -0.05) is 65.7 Å². The molecule has 2 amide bonds. The smallest absolute Gasteiger partial charge is 0.282 e. The lowest BCUT2D eigenvalue weighted by Gasteiger charge is -2.25. The molecule has 156 valence electrons. The van der Waals surface area contributed by atoms with Crippen molar-refractivity contribution in [2.24, 2.45) is 0 Å². The Bertz CT molecular complexity index is 1180. The highest BCUT2D eigenvalue weighted by molar-refractivity contribution is 6.46. The van der Waals surface area contributed by atoms with Crippen molar-refractivity contribution >= 4 is 40.4 Å². The Morgan fingerprint density at radius 3 is 2.16 bits per heavy atom. The van der Waals surface area contributed by atoms with Gasteiger partial charge in [-0.25, -0.2) is 4.90 Å². The normalized spacial score (nSPS) is 13.9. The summed E-state index contributed by atoms with van der Waals surface area (Å²) in [4.78, 5) is 30.5. The van der Waals surface area contributed by atoms with Crippen molar-refractivity contribution in [1.82, 2.24) is 0 Å². The van der Waals surface area contributed by atoms with Crippen molar-refractivity contribution in [3.63, 3.8) is 0 Å². The Hall–Kier alpha value is -3.37. The molecule has 31 heavy (non-hydrogen) atoms. The molecular formula is C26H23ClN2O2. The summed E-state index contributed by atoms with van der Waals surface area (Å²) in [6.45, 7) is 6.38. The van der Waals surface area contributed by atoms with Gasteiger partial charge in [-0.3, -0.25) is 9.59 Å². The maximum atomic E-state index is 13.7. The number of hydrogen-bond donors (Lipinski definition) is 0. The van der Waals surface area contributed by atoms with E-state index < -0.39 is 0 Å². The van der Waals surface area contributed by atoms with Gasteiger partial charge in [0, 0.05) is 17.3 Å². The van der Waals surface area contributed by atoms with E-state index in [-0.39, 0.29) is 11.8 Å². The van der Waals surface area contributed by atoms with Crippen LogP contribution in [0.5, 0.6) is 0 Å². The number of carbonyl (C=O) groups excluding carboxylic acids is 2. The van der Waals surface area contributed by atoms with Crippen LogP contribution < -0.4 is 9.80 Å². The summed E-state index contributed by atoms with van der Waals surface area (Å²) in [6.07, 6.45) is 0. The summed E-state index contributed by atoms with van der Waals surface area (Å²) in [5.41, 5.74) is 4.78. The zero-order chi connectivity index (χ0) is 22.1. The Morgan fingerprint density at radius 2 is 1.55 bits per heavy atom. The Balaban J connectivity index is 1.91. The third-order valence-corrected chi connectivity index (χ3v) is 5.87. The van der Waals surface area contributed by atoms with Crippen LogP contribution in [0.4, 0.5) is 11.4 Å². The van der Waals surface area contributed by atoms with Gasteiger partial charge in [0.25, 0.3) is 11.8 Å². The van der Waals surface area contributed by atoms with Gasteiger partial charge in [0.15, 0.2) is 0 Å². The lowest BCUT2D eigenvalue weighted by atomic mass is 10.0. The third-order valence-electron chi connectivity index (χ3n) is 5.47. The molecule has 1 heterocycles. The minimum atomic E-state index is -0.355. The van der Waals surface area contributed by atoms with Gasteiger partial charge in [-0.15, -0.1) is 0 Å². The van der Waals surface area contributed by atoms with E-state index in [1.54, 1.807) is 12.1 Å². The largest absolute Gasteiger partial charge is 0.337 e. The van der Waals surface area contributed by atoms with Crippen molar-refractivity contribution in [2.75, 3.05) is 16.3 Å². The van der Waals surface area contributed by atoms with Crippen LogP contribution in [0, 0.1) is 13.8 Å². The maximum absolute atomic E-state index is 13.7.